The molecule has 176 valence electrons. The second-order valence-corrected chi connectivity index (χ2v) is 9.52. The van der Waals surface area contributed by atoms with Crippen molar-refractivity contribution in [3.63, 3.8) is 0 Å². The number of ether oxygens (including phenoxy) is 1. The third-order valence-corrected chi connectivity index (χ3v) is 7.76. The number of carbonyl (C=O) groups excluding carboxylic acids is 4. The maximum absolute atomic E-state index is 13.2. The van der Waals surface area contributed by atoms with Crippen molar-refractivity contribution in [2.24, 2.45) is 35.5 Å². The van der Waals surface area contributed by atoms with E-state index in [0.29, 0.717) is 17.5 Å². The van der Waals surface area contributed by atoms with Crippen LogP contribution in [0.2, 0.25) is 0 Å². The molecule has 35 heavy (non-hydrogen) atoms. The average molecular weight is 472 g/mol. The number of non-ortho nitro benzene ring substituents is 1. The lowest BCUT2D eigenvalue weighted by Crippen LogP contribution is -2.40. The van der Waals surface area contributed by atoms with Crippen LogP contribution in [0, 0.1) is 45.6 Å². The fourth-order valence-corrected chi connectivity index (χ4v) is 6.02. The zero-order valence-corrected chi connectivity index (χ0v) is 18.4. The number of benzene rings is 2. The van der Waals surface area contributed by atoms with Gasteiger partial charge in [-0.05, 0) is 66.5 Å². The van der Waals surface area contributed by atoms with Gasteiger partial charge in [0.15, 0.2) is 12.4 Å². The Balaban J connectivity index is 1.11. The molecule has 9 nitrogen and oxygen atoms in total. The van der Waals surface area contributed by atoms with Gasteiger partial charge in [-0.1, -0.05) is 12.2 Å². The molecule has 5 aliphatic rings. The van der Waals surface area contributed by atoms with Gasteiger partial charge in [-0.25, -0.2) is 4.79 Å². The highest BCUT2D eigenvalue weighted by molar-refractivity contribution is 6.22. The zero-order chi connectivity index (χ0) is 24.4. The van der Waals surface area contributed by atoms with Gasteiger partial charge >= 0.3 is 5.97 Å². The van der Waals surface area contributed by atoms with Crippen LogP contribution >= 0.6 is 0 Å². The molecular formula is C26H20N2O7. The van der Waals surface area contributed by atoms with Crippen LogP contribution in [0.1, 0.15) is 27.1 Å². The molecule has 2 aromatic carbocycles. The summed E-state index contributed by atoms with van der Waals surface area (Å²) in [5.74, 6) is -0.848. The molecule has 0 radical (unpaired) electrons. The van der Waals surface area contributed by atoms with Crippen molar-refractivity contribution in [1.82, 2.24) is 0 Å². The number of esters is 1. The molecule has 1 saturated heterocycles. The molecule has 2 amide bonds. The number of allylic oxidation sites excluding steroid dienone is 2. The Morgan fingerprint density at radius 1 is 0.886 bits per heavy atom. The van der Waals surface area contributed by atoms with E-state index in [2.05, 4.69) is 12.2 Å². The molecule has 1 heterocycles. The summed E-state index contributed by atoms with van der Waals surface area (Å²) in [5, 5.41) is 10.7. The average Bonchev–Trinajstić information content (AvgIpc) is 3.65. The molecule has 2 aromatic rings. The fraction of sp³-hybridized carbons (Fsp3) is 0.308. The van der Waals surface area contributed by atoms with Crippen LogP contribution in [0.4, 0.5) is 11.4 Å². The van der Waals surface area contributed by atoms with Gasteiger partial charge in [0.2, 0.25) is 11.8 Å². The monoisotopic (exact) mass is 472 g/mol. The lowest BCUT2D eigenvalue weighted by atomic mass is 9.63. The largest absolute Gasteiger partial charge is 0.454 e. The van der Waals surface area contributed by atoms with E-state index in [-0.39, 0.29) is 52.3 Å². The molecule has 3 fully saturated rings. The van der Waals surface area contributed by atoms with Crippen LogP contribution in [-0.4, -0.2) is 35.1 Å². The number of nitrogens with zero attached hydrogens (tertiary/aromatic N) is 2. The lowest BCUT2D eigenvalue weighted by molar-refractivity contribution is -0.384. The Bertz CT molecular complexity index is 1280. The lowest BCUT2D eigenvalue weighted by Gasteiger charge is -2.37. The fourth-order valence-electron chi connectivity index (χ4n) is 6.02. The van der Waals surface area contributed by atoms with Crippen molar-refractivity contribution in [3.8, 4) is 0 Å². The number of rotatable bonds is 6. The van der Waals surface area contributed by atoms with Crippen molar-refractivity contribution < 1.29 is 28.8 Å². The highest BCUT2D eigenvalue weighted by Gasteiger charge is 2.67. The Morgan fingerprint density at radius 3 is 1.97 bits per heavy atom. The molecule has 4 aliphatic carbocycles. The van der Waals surface area contributed by atoms with E-state index < -0.39 is 23.3 Å². The Labute approximate surface area is 199 Å². The van der Waals surface area contributed by atoms with Gasteiger partial charge in [0, 0.05) is 17.7 Å². The minimum Gasteiger partial charge on any atom is -0.454 e. The summed E-state index contributed by atoms with van der Waals surface area (Å²) in [5.41, 5.74) is 0.631. The number of amides is 2. The van der Waals surface area contributed by atoms with Crippen LogP contribution in [-0.2, 0) is 14.3 Å². The number of Topliss-reactive ketones (excluding diaryl/α,β-unsaturated/α-hetero) is 1. The summed E-state index contributed by atoms with van der Waals surface area (Å²) in [4.78, 5) is 62.4. The van der Waals surface area contributed by atoms with Crippen molar-refractivity contribution in [2.75, 3.05) is 11.5 Å². The quantitative estimate of drug-likeness (QED) is 0.158. The first kappa shape index (κ1) is 21.4. The van der Waals surface area contributed by atoms with E-state index in [4.69, 9.17) is 4.74 Å². The topological polar surface area (TPSA) is 124 Å². The van der Waals surface area contributed by atoms with Gasteiger partial charge in [-0.2, -0.15) is 0 Å². The molecule has 0 aromatic heterocycles. The number of nitro groups is 1. The number of anilines is 1. The molecule has 0 spiro atoms. The van der Waals surface area contributed by atoms with Crippen LogP contribution in [0.3, 0.4) is 0 Å². The molecule has 6 atom stereocenters. The molecule has 2 bridgehead atoms. The van der Waals surface area contributed by atoms with Crippen LogP contribution < -0.4 is 4.90 Å². The van der Waals surface area contributed by atoms with E-state index in [9.17, 15) is 29.3 Å². The Kier molecular flexibility index (Phi) is 4.70. The predicted octanol–water partition coefficient (Wildman–Crippen LogP) is 3.19. The van der Waals surface area contributed by atoms with E-state index in [1.807, 2.05) is 0 Å². The summed E-state index contributed by atoms with van der Waals surface area (Å²) in [6, 6.07) is 11.0. The number of imide groups is 1. The van der Waals surface area contributed by atoms with Crippen LogP contribution in [0.25, 0.3) is 0 Å². The van der Waals surface area contributed by atoms with E-state index in [1.165, 1.54) is 53.4 Å². The smallest absolute Gasteiger partial charge is 0.338 e. The first-order chi connectivity index (χ1) is 16.8. The molecule has 9 heteroatoms. The maximum atomic E-state index is 13.2. The number of nitro benzene ring substituents is 1. The second kappa shape index (κ2) is 7.69. The van der Waals surface area contributed by atoms with Crippen molar-refractivity contribution in [2.45, 2.75) is 6.42 Å². The van der Waals surface area contributed by atoms with Crippen LogP contribution in [0.5, 0.6) is 0 Å². The standard InChI is InChI=1S/C26H20N2O7/c29-21(13-1-7-16(8-2-13)28(33)34)12-35-26(32)14-3-5-15(6-4-14)27-24(30)22-17-9-10-18(20-11-19(17)20)23(22)25(27)31/h1-10,17-20,22-23H,11-12H2/t17-,18-,19-,20-,22+,23+/m0/s1. The van der Waals surface area contributed by atoms with Crippen LogP contribution in [0.15, 0.2) is 60.7 Å². The number of ketones is 1. The highest BCUT2D eigenvalue weighted by atomic mass is 16.6. The number of hydrogen-bond acceptors (Lipinski definition) is 7. The second-order valence-electron chi connectivity index (χ2n) is 9.52. The first-order valence-corrected chi connectivity index (χ1v) is 11.5. The minimum atomic E-state index is -0.734. The summed E-state index contributed by atoms with van der Waals surface area (Å²) in [7, 11) is 0. The van der Waals surface area contributed by atoms with Crippen molar-refractivity contribution in [3.05, 3.63) is 81.9 Å². The SMILES string of the molecule is O=C(COC(=O)c1ccc(N2C(=O)[C@@H]3[C@H]4C=C[C@@H]([C@@H]5C[C@@H]45)[C@H]3C2=O)cc1)c1ccc([N+](=O)[O-])cc1. The molecular weight excluding hydrogens is 452 g/mol. The number of carbonyl (C=O) groups is 4. The van der Waals surface area contributed by atoms with Gasteiger partial charge < -0.3 is 4.74 Å². The summed E-state index contributed by atoms with van der Waals surface area (Å²) in [6.45, 7) is -0.525. The van der Waals surface area contributed by atoms with Gasteiger partial charge in [0.1, 0.15) is 0 Å². The van der Waals surface area contributed by atoms with E-state index in [0.717, 1.165) is 6.42 Å². The third-order valence-electron chi connectivity index (χ3n) is 7.76. The molecule has 7 rings (SSSR count). The number of hydrogen-bond donors (Lipinski definition) is 0. The van der Waals surface area contributed by atoms with Crippen molar-refractivity contribution in [1.29, 1.82) is 0 Å². The van der Waals surface area contributed by atoms with Gasteiger partial charge in [-0.3, -0.25) is 29.4 Å². The van der Waals surface area contributed by atoms with Gasteiger partial charge in [0.25, 0.3) is 5.69 Å². The van der Waals surface area contributed by atoms with E-state index >= 15 is 0 Å². The Morgan fingerprint density at radius 2 is 1.43 bits per heavy atom. The molecule has 2 saturated carbocycles. The van der Waals surface area contributed by atoms with Gasteiger partial charge in [0.05, 0.1) is 28.0 Å². The summed E-state index contributed by atoms with van der Waals surface area (Å²) >= 11 is 0. The highest BCUT2D eigenvalue weighted by Crippen LogP contribution is 2.65. The zero-order valence-electron chi connectivity index (χ0n) is 18.4. The molecule has 0 unspecified atom stereocenters. The van der Waals surface area contributed by atoms with E-state index in [1.54, 1.807) is 0 Å². The Hall–Kier alpha value is -4.14. The predicted molar refractivity (Wildman–Crippen MR) is 121 cm³/mol. The van der Waals surface area contributed by atoms with Gasteiger partial charge in [-0.15, -0.1) is 0 Å². The summed E-state index contributed by atoms with van der Waals surface area (Å²) in [6.07, 6.45) is 5.33. The third kappa shape index (κ3) is 3.30. The first-order valence-electron chi connectivity index (χ1n) is 11.5. The van der Waals surface area contributed by atoms with Crippen molar-refractivity contribution >= 4 is 34.9 Å². The maximum Gasteiger partial charge on any atom is 0.338 e. The normalized spacial score (nSPS) is 29.5. The summed E-state index contributed by atoms with van der Waals surface area (Å²) < 4.78 is 5.08. The molecule has 0 N–H and O–H groups in total. The molecule has 1 aliphatic heterocycles. The minimum absolute atomic E-state index is 0.138.